The van der Waals surface area contributed by atoms with Crippen LogP contribution in [0.5, 0.6) is 0 Å². The van der Waals surface area contributed by atoms with Gasteiger partial charge in [-0.1, -0.05) is 54.1 Å². The zero-order valence-corrected chi connectivity index (χ0v) is 13.5. The van der Waals surface area contributed by atoms with Gasteiger partial charge in [-0.25, -0.2) is 0 Å². The van der Waals surface area contributed by atoms with Crippen LogP contribution in [0.1, 0.15) is 41.8 Å². The van der Waals surface area contributed by atoms with E-state index in [1.807, 2.05) is 48.5 Å². The number of aliphatic imine (C=N–C) groups is 1. The minimum absolute atomic E-state index is 0.0861. The molecular formula is C19H18ClNO. The van der Waals surface area contributed by atoms with Crippen molar-refractivity contribution >= 4 is 23.1 Å². The third-order valence-corrected chi connectivity index (χ3v) is 4.25. The Morgan fingerprint density at radius 3 is 2.59 bits per heavy atom. The van der Waals surface area contributed by atoms with Crippen molar-refractivity contribution < 1.29 is 4.79 Å². The zero-order valence-electron chi connectivity index (χ0n) is 12.8. The van der Waals surface area contributed by atoms with Gasteiger partial charge in [0, 0.05) is 16.1 Å². The quantitative estimate of drug-likeness (QED) is 0.753. The molecule has 1 aliphatic rings. The molecule has 1 aliphatic heterocycles. The van der Waals surface area contributed by atoms with Gasteiger partial charge in [0.1, 0.15) is 0 Å². The summed E-state index contributed by atoms with van der Waals surface area (Å²) >= 11 is 6.35. The summed E-state index contributed by atoms with van der Waals surface area (Å²) in [5, 5.41) is 0.755. The molecule has 0 aliphatic carbocycles. The van der Waals surface area contributed by atoms with E-state index in [-0.39, 0.29) is 11.3 Å². The molecule has 0 spiro atoms. The number of fused-ring (bicyclic) bond motifs is 1. The van der Waals surface area contributed by atoms with Crippen LogP contribution in [0.25, 0.3) is 0 Å². The first-order valence-electron chi connectivity index (χ1n) is 7.41. The van der Waals surface area contributed by atoms with Gasteiger partial charge >= 0.3 is 0 Å². The van der Waals surface area contributed by atoms with E-state index in [0.29, 0.717) is 6.42 Å². The first-order chi connectivity index (χ1) is 10.5. The van der Waals surface area contributed by atoms with Gasteiger partial charge in [-0.05, 0) is 31.9 Å². The van der Waals surface area contributed by atoms with E-state index in [0.717, 1.165) is 33.8 Å². The summed E-state index contributed by atoms with van der Waals surface area (Å²) in [6.45, 7) is 4.15. The summed E-state index contributed by atoms with van der Waals surface area (Å²) in [5.74, 6) is 0.0861. The van der Waals surface area contributed by atoms with Crippen molar-refractivity contribution in [3.8, 4) is 0 Å². The first kappa shape index (κ1) is 15.0. The monoisotopic (exact) mass is 311 g/mol. The highest BCUT2D eigenvalue weighted by Gasteiger charge is 2.29. The molecule has 3 rings (SSSR count). The molecule has 112 valence electrons. The lowest BCUT2D eigenvalue weighted by Crippen LogP contribution is -2.30. The Kier molecular flexibility index (Phi) is 3.88. The maximum Gasteiger partial charge on any atom is 0.168 e. The van der Waals surface area contributed by atoms with Crippen LogP contribution in [0.2, 0.25) is 5.02 Å². The number of hydrogen-bond donors (Lipinski definition) is 0. The number of rotatable bonds is 3. The zero-order chi connectivity index (χ0) is 15.7. The molecule has 0 amide bonds. The van der Waals surface area contributed by atoms with E-state index in [9.17, 15) is 4.79 Å². The molecule has 0 bridgehead atoms. The average Bonchev–Trinajstić information content (AvgIpc) is 2.48. The third-order valence-electron chi connectivity index (χ3n) is 3.90. The molecule has 0 fully saturated rings. The fourth-order valence-corrected chi connectivity index (χ4v) is 3.16. The lowest BCUT2D eigenvalue weighted by molar-refractivity contribution is 0.100. The number of ketones is 1. The van der Waals surface area contributed by atoms with Crippen LogP contribution < -0.4 is 0 Å². The Hall–Kier alpha value is -1.93. The molecule has 2 aromatic rings. The SMILES string of the molecule is CC1(C)Cc2c(Cl)cccc2C(CC(=O)c2ccccc2)=N1. The van der Waals surface area contributed by atoms with E-state index in [1.165, 1.54) is 0 Å². The minimum Gasteiger partial charge on any atom is -0.294 e. The highest BCUT2D eigenvalue weighted by Crippen LogP contribution is 2.32. The van der Waals surface area contributed by atoms with Gasteiger partial charge in [-0.3, -0.25) is 9.79 Å². The van der Waals surface area contributed by atoms with Crippen molar-refractivity contribution in [2.24, 2.45) is 4.99 Å². The second-order valence-electron chi connectivity index (χ2n) is 6.28. The smallest absolute Gasteiger partial charge is 0.168 e. The molecule has 2 nitrogen and oxygen atoms in total. The molecule has 0 aromatic heterocycles. The van der Waals surface area contributed by atoms with E-state index in [2.05, 4.69) is 13.8 Å². The van der Waals surface area contributed by atoms with Gasteiger partial charge in [-0.2, -0.15) is 0 Å². The molecule has 0 atom stereocenters. The van der Waals surface area contributed by atoms with Crippen LogP contribution in [-0.4, -0.2) is 17.0 Å². The number of carbonyl (C=O) groups excluding carboxylic acids is 1. The topological polar surface area (TPSA) is 29.4 Å². The van der Waals surface area contributed by atoms with Crippen molar-refractivity contribution in [1.82, 2.24) is 0 Å². The van der Waals surface area contributed by atoms with Crippen molar-refractivity contribution in [2.75, 3.05) is 0 Å². The second-order valence-corrected chi connectivity index (χ2v) is 6.69. The average molecular weight is 312 g/mol. The lowest BCUT2D eigenvalue weighted by atomic mass is 9.85. The summed E-state index contributed by atoms with van der Waals surface area (Å²) in [7, 11) is 0. The number of carbonyl (C=O) groups is 1. The molecule has 0 radical (unpaired) electrons. The number of nitrogens with zero attached hydrogens (tertiary/aromatic N) is 1. The highest BCUT2D eigenvalue weighted by molar-refractivity contribution is 6.32. The third kappa shape index (κ3) is 2.97. The van der Waals surface area contributed by atoms with Crippen LogP contribution in [0.3, 0.4) is 0 Å². The summed E-state index contributed by atoms with van der Waals surface area (Å²) in [6, 6.07) is 15.2. The van der Waals surface area contributed by atoms with Gasteiger partial charge < -0.3 is 0 Å². The molecule has 3 heteroatoms. The number of benzene rings is 2. The number of hydrogen-bond acceptors (Lipinski definition) is 2. The predicted molar refractivity (Wildman–Crippen MR) is 91.2 cm³/mol. The minimum atomic E-state index is -0.232. The Balaban J connectivity index is 1.97. The van der Waals surface area contributed by atoms with Crippen LogP contribution in [0.4, 0.5) is 0 Å². The molecule has 0 saturated carbocycles. The Bertz CT molecular complexity index is 747. The van der Waals surface area contributed by atoms with Gasteiger partial charge in [0.2, 0.25) is 0 Å². The van der Waals surface area contributed by atoms with Crippen LogP contribution in [0.15, 0.2) is 53.5 Å². The van der Waals surface area contributed by atoms with E-state index < -0.39 is 0 Å². The summed E-state index contributed by atoms with van der Waals surface area (Å²) in [5.41, 5.74) is 3.43. The van der Waals surface area contributed by atoms with Crippen molar-refractivity contribution in [3.05, 3.63) is 70.2 Å². The molecule has 0 saturated heterocycles. The van der Waals surface area contributed by atoms with Crippen molar-refractivity contribution in [3.63, 3.8) is 0 Å². The highest BCUT2D eigenvalue weighted by atomic mass is 35.5. The summed E-state index contributed by atoms with van der Waals surface area (Å²) in [6.07, 6.45) is 1.10. The van der Waals surface area contributed by atoms with Gasteiger partial charge in [0.25, 0.3) is 0 Å². The molecule has 0 unspecified atom stereocenters. The van der Waals surface area contributed by atoms with Crippen LogP contribution in [0, 0.1) is 0 Å². The Morgan fingerprint density at radius 2 is 1.86 bits per heavy atom. The molecule has 1 heterocycles. The predicted octanol–water partition coefficient (Wildman–Crippen LogP) is 4.74. The van der Waals surface area contributed by atoms with Gasteiger partial charge in [0.05, 0.1) is 17.7 Å². The Morgan fingerprint density at radius 1 is 1.14 bits per heavy atom. The first-order valence-corrected chi connectivity index (χ1v) is 7.79. The standard InChI is InChI=1S/C19H18ClNO/c1-19(2)12-15-14(9-6-10-16(15)20)17(21-19)11-18(22)13-7-4-3-5-8-13/h3-10H,11-12H2,1-2H3. The fourth-order valence-electron chi connectivity index (χ4n) is 2.92. The maximum absolute atomic E-state index is 12.5. The van der Waals surface area contributed by atoms with Crippen molar-refractivity contribution in [1.29, 1.82) is 0 Å². The maximum atomic E-state index is 12.5. The summed E-state index contributed by atoms with van der Waals surface area (Å²) < 4.78 is 0. The molecular weight excluding hydrogens is 294 g/mol. The van der Waals surface area contributed by atoms with Crippen LogP contribution in [-0.2, 0) is 6.42 Å². The summed E-state index contributed by atoms with van der Waals surface area (Å²) in [4.78, 5) is 17.3. The van der Waals surface area contributed by atoms with E-state index >= 15 is 0 Å². The van der Waals surface area contributed by atoms with Gasteiger partial charge in [0.15, 0.2) is 5.78 Å². The number of Topliss-reactive ketones (excluding diaryl/α,β-unsaturated/α-hetero) is 1. The Labute approximate surface area is 135 Å². The molecule has 22 heavy (non-hydrogen) atoms. The van der Waals surface area contributed by atoms with Gasteiger partial charge in [-0.15, -0.1) is 0 Å². The van der Waals surface area contributed by atoms with E-state index in [1.54, 1.807) is 0 Å². The fraction of sp³-hybridized carbons (Fsp3) is 0.263. The van der Waals surface area contributed by atoms with Crippen molar-refractivity contribution in [2.45, 2.75) is 32.2 Å². The largest absolute Gasteiger partial charge is 0.294 e. The van der Waals surface area contributed by atoms with Crippen LogP contribution >= 0.6 is 11.6 Å². The number of halogens is 1. The molecule has 2 aromatic carbocycles. The second kappa shape index (κ2) is 5.69. The normalized spacial score (nSPS) is 15.9. The lowest BCUT2D eigenvalue weighted by Gasteiger charge is -2.29. The molecule has 0 N–H and O–H groups in total. The van der Waals surface area contributed by atoms with E-state index in [4.69, 9.17) is 16.6 Å².